The van der Waals surface area contributed by atoms with E-state index in [4.69, 9.17) is 11.2 Å². The van der Waals surface area contributed by atoms with E-state index in [-0.39, 0.29) is 11.5 Å². The highest BCUT2D eigenvalue weighted by atomic mass is 16.5. The summed E-state index contributed by atoms with van der Waals surface area (Å²) in [5, 5.41) is 0. The lowest BCUT2D eigenvalue weighted by Gasteiger charge is -2.17. The maximum Gasteiger partial charge on any atom is 0.233 e. The summed E-state index contributed by atoms with van der Waals surface area (Å²) < 4.78 is 5.47. The highest BCUT2D eigenvalue weighted by Crippen LogP contribution is 2.20. The number of aromatic nitrogens is 2. The van der Waals surface area contributed by atoms with Gasteiger partial charge in [0.05, 0.1) is 18.1 Å². The van der Waals surface area contributed by atoms with E-state index in [2.05, 4.69) is 36.7 Å². The van der Waals surface area contributed by atoms with E-state index in [1.807, 2.05) is 6.92 Å². The Morgan fingerprint density at radius 3 is 2.44 bits per heavy atom. The first kappa shape index (κ1) is 12.5. The summed E-state index contributed by atoms with van der Waals surface area (Å²) in [7, 11) is 0. The molecule has 3 nitrogen and oxygen atoms in total. The van der Waals surface area contributed by atoms with E-state index in [0.29, 0.717) is 5.88 Å². The number of hydrogen-bond acceptors (Lipinski definition) is 3. The van der Waals surface area contributed by atoms with Gasteiger partial charge in [0.15, 0.2) is 6.10 Å². The van der Waals surface area contributed by atoms with E-state index in [9.17, 15) is 0 Å². The van der Waals surface area contributed by atoms with Crippen molar-refractivity contribution in [3.8, 4) is 18.2 Å². The Morgan fingerprint density at radius 1 is 1.38 bits per heavy atom. The molecule has 1 aromatic heterocycles. The second-order valence-corrected chi connectivity index (χ2v) is 4.67. The van der Waals surface area contributed by atoms with Gasteiger partial charge in [0.25, 0.3) is 0 Å². The Balaban J connectivity index is 2.77. The minimum absolute atomic E-state index is 0.00179. The standard InChI is InChI=1S/C13H18N2O/c1-6-10(7-2)16-12-9-14-11(8-15-12)13(3,4)5/h1,8-10H,7H2,2-5H3/t10-/m0/s1. The topological polar surface area (TPSA) is 35.0 Å². The average molecular weight is 218 g/mol. The van der Waals surface area contributed by atoms with Crippen LogP contribution in [-0.4, -0.2) is 16.1 Å². The zero-order chi connectivity index (χ0) is 12.2. The van der Waals surface area contributed by atoms with Crippen LogP contribution in [0.2, 0.25) is 0 Å². The molecular weight excluding hydrogens is 200 g/mol. The van der Waals surface area contributed by atoms with Crippen molar-refractivity contribution in [2.24, 2.45) is 0 Å². The Hall–Kier alpha value is -1.56. The molecule has 0 aromatic carbocycles. The molecular formula is C13H18N2O. The van der Waals surface area contributed by atoms with E-state index in [1.54, 1.807) is 12.4 Å². The summed E-state index contributed by atoms with van der Waals surface area (Å²) in [5.74, 6) is 3.04. The number of ether oxygens (including phenoxy) is 1. The van der Waals surface area contributed by atoms with Gasteiger partial charge in [-0.3, -0.25) is 4.98 Å². The number of terminal acetylenes is 1. The predicted octanol–water partition coefficient (Wildman–Crippen LogP) is 2.56. The van der Waals surface area contributed by atoms with Crippen molar-refractivity contribution in [3.05, 3.63) is 18.1 Å². The van der Waals surface area contributed by atoms with Crippen LogP contribution in [0, 0.1) is 12.3 Å². The summed E-state index contributed by atoms with van der Waals surface area (Å²) in [6, 6.07) is 0. The van der Waals surface area contributed by atoms with Gasteiger partial charge in [-0.1, -0.05) is 33.6 Å². The second kappa shape index (κ2) is 4.98. The number of hydrogen-bond donors (Lipinski definition) is 0. The Bertz CT molecular complexity index is 370. The fourth-order valence-corrected chi connectivity index (χ4v) is 1.15. The second-order valence-electron chi connectivity index (χ2n) is 4.67. The Kier molecular flexibility index (Phi) is 3.89. The predicted molar refractivity (Wildman–Crippen MR) is 64.3 cm³/mol. The molecule has 0 N–H and O–H groups in total. The van der Waals surface area contributed by atoms with Gasteiger partial charge < -0.3 is 4.74 Å². The third kappa shape index (κ3) is 3.23. The van der Waals surface area contributed by atoms with Crippen LogP contribution in [0.1, 0.15) is 39.8 Å². The number of rotatable bonds is 3. The summed E-state index contributed by atoms with van der Waals surface area (Å²) in [5.41, 5.74) is 0.940. The molecule has 0 saturated heterocycles. The normalized spacial score (nSPS) is 12.9. The summed E-state index contributed by atoms with van der Waals surface area (Å²) >= 11 is 0. The molecule has 0 radical (unpaired) electrons. The molecule has 0 aliphatic heterocycles. The van der Waals surface area contributed by atoms with Gasteiger partial charge in [0.1, 0.15) is 0 Å². The van der Waals surface area contributed by atoms with Crippen LogP contribution in [0.5, 0.6) is 5.88 Å². The van der Waals surface area contributed by atoms with E-state index in [1.165, 1.54) is 0 Å². The molecule has 1 aromatic rings. The van der Waals surface area contributed by atoms with Crippen LogP contribution < -0.4 is 4.74 Å². The Morgan fingerprint density at radius 2 is 2.06 bits per heavy atom. The third-order valence-electron chi connectivity index (χ3n) is 2.22. The maximum absolute atomic E-state index is 5.47. The first-order valence-corrected chi connectivity index (χ1v) is 5.42. The van der Waals surface area contributed by atoms with Crippen molar-refractivity contribution in [1.29, 1.82) is 0 Å². The molecule has 0 spiro atoms. The lowest BCUT2D eigenvalue weighted by atomic mass is 9.93. The monoisotopic (exact) mass is 218 g/mol. The van der Waals surface area contributed by atoms with E-state index >= 15 is 0 Å². The van der Waals surface area contributed by atoms with E-state index in [0.717, 1.165) is 12.1 Å². The minimum Gasteiger partial charge on any atom is -0.460 e. The van der Waals surface area contributed by atoms with Crippen LogP contribution >= 0.6 is 0 Å². The first-order valence-electron chi connectivity index (χ1n) is 5.42. The molecule has 0 bridgehead atoms. The van der Waals surface area contributed by atoms with Crippen LogP contribution in [0.3, 0.4) is 0 Å². The van der Waals surface area contributed by atoms with Gasteiger partial charge in [-0.2, -0.15) is 0 Å². The molecule has 1 atom stereocenters. The molecule has 1 heterocycles. The molecule has 0 amide bonds. The van der Waals surface area contributed by atoms with Crippen LogP contribution in [0.15, 0.2) is 12.4 Å². The van der Waals surface area contributed by atoms with Crippen molar-refractivity contribution in [3.63, 3.8) is 0 Å². The zero-order valence-electron chi connectivity index (χ0n) is 10.3. The summed E-state index contributed by atoms with van der Waals surface area (Å²) in [4.78, 5) is 8.52. The van der Waals surface area contributed by atoms with Gasteiger partial charge in [-0.05, 0) is 6.42 Å². The highest BCUT2D eigenvalue weighted by Gasteiger charge is 2.16. The van der Waals surface area contributed by atoms with Crippen LogP contribution in [0.25, 0.3) is 0 Å². The minimum atomic E-state index is -0.227. The largest absolute Gasteiger partial charge is 0.460 e. The smallest absolute Gasteiger partial charge is 0.233 e. The Labute approximate surface area is 97.3 Å². The zero-order valence-corrected chi connectivity index (χ0v) is 10.3. The van der Waals surface area contributed by atoms with E-state index < -0.39 is 0 Å². The van der Waals surface area contributed by atoms with Gasteiger partial charge in [0, 0.05) is 5.41 Å². The fraction of sp³-hybridized carbons (Fsp3) is 0.538. The lowest BCUT2D eigenvalue weighted by Crippen LogP contribution is -2.16. The first-order chi connectivity index (χ1) is 7.47. The van der Waals surface area contributed by atoms with Crippen molar-refractivity contribution >= 4 is 0 Å². The van der Waals surface area contributed by atoms with Crippen LogP contribution in [0.4, 0.5) is 0 Å². The van der Waals surface area contributed by atoms with Crippen molar-refractivity contribution in [1.82, 2.24) is 9.97 Å². The van der Waals surface area contributed by atoms with Crippen molar-refractivity contribution in [2.45, 2.75) is 45.6 Å². The van der Waals surface area contributed by atoms with Gasteiger partial charge in [-0.15, -0.1) is 6.42 Å². The average Bonchev–Trinajstić information content (AvgIpc) is 2.25. The summed E-state index contributed by atoms with van der Waals surface area (Å²) in [6.45, 7) is 8.25. The molecule has 16 heavy (non-hydrogen) atoms. The fourth-order valence-electron chi connectivity index (χ4n) is 1.15. The molecule has 0 aliphatic carbocycles. The van der Waals surface area contributed by atoms with Crippen molar-refractivity contribution in [2.75, 3.05) is 0 Å². The van der Waals surface area contributed by atoms with Crippen LogP contribution in [-0.2, 0) is 5.41 Å². The van der Waals surface area contributed by atoms with Crippen molar-refractivity contribution < 1.29 is 4.74 Å². The maximum atomic E-state index is 5.47. The lowest BCUT2D eigenvalue weighted by molar-refractivity contribution is 0.243. The molecule has 86 valence electrons. The number of nitrogens with zero attached hydrogens (tertiary/aromatic N) is 2. The molecule has 0 unspecified atom stereocenters. The van der Waals surface area contributed by atoms with Gasteiger partial charge in [0.2, 0.25) is 5.88 Å². The molecule has 0 saturated carbocycles. The highest BCUT2D eigenvalue weighted by molar-refractivity contribution is 5.14. The SMILES string of the molecule is C#C[C@@H](CC)Oc1cnc(C(C)(C)C)cn1. The quantitative estimate of drug-likeness (QED) is 0.731. The molecule has 3 heteroatoms. The third-order valence-corrected chi connectivity index (χ3v) is 2.22. The molecule has 1 rings (SSSR count). The van der Waals surface area contributed by atoms with Gasteiger partial charge in [-0.25, -0.2) is 4.98 Å². The summed E-state index contributed by atoms with van der Waals surface area (Å²) in [6.07, 6.45) is 9.20. The molecule has 0 aliphatic rings. The molecule has 0 fully saturated rings. The van der Waals surface area contributed by atoms with Gasteiger partial charge >= 0.3 is 0 Å².